The molecule has 0 spiro atoms. The summed E-state index contributed by atoms with van der Waals surface area (Å²) in [5, 5.41) is 2.46. The highest BCUT2D eigenvalue weighted by Crippen LogP contribution is 2.32. The molecule has 0 bridgehead atoms. The van der Waals surface area contributed by atoms with E-state index in [1.807, 2.05) is 18.3 Å². The number of aryl methyl sites for hydroxylation is 3. The van der Waals surface area contributed by atoms with E-state index in [0.717, 1.165) is 11.5 Å². The van der Waals surface area contributed by atoms with Gasteiger partial charge in [0.2, 0.25) is 5.65 Å². The molecule has 0 unspecified atom stereocenters. The third-order valence-corrected chi connectivity index (χ3v) is 4.47. The Bertz CT molecular complexity index is 1010. The molecular weight excluding hydrogens is 270 g/mol. The van der Waals surface area contributed by atoms with E-state index in [2.05, 4.69) is 71.5 Å². The summed E-state index contributed by atoms with van der Waals surface area (Å²) in [5.41, 5.74) is 4.86. The largest absolute Gasteiger partial charge is 0.287 e. The summed E-state index contributed by atoms with van der Waals surface area (Å²) in [4.78, 5) is 4.66. The van der Waals surface area contributed by atoms with Crippen molar-refractivity contribution in [3.05, 3.63) is 66.0 Å². The highest BCUT2D eigenvalue weighted by molar-refractivity contribution is 6.08. The van der Waals surface area contributed by atoms with E-state index in [0.29, 0.717) is 0 Å². The Labute approximate surface area is 129 Å². The number of fused-ring (bicyclic) bond motifs is 3. The number of pyridine rings is 2. The van der Waals surface area contributed by atoms with Gasteiger partial charge in [0.25, 0.3) is 5.82 Å². The van der Waals surface area contributed by atoms with Crippen molar-refractivity contribution in [3.63, 3.8) is 0 Å². The second-order valence-electron chi connectivity index (χ2n) is 5.78. The lowest BCUT2D eigenvalue weighted by molar-refractivity contribution is -0.665. The maximum Gasteiger partial charge on any atom is 0.287 e. The monoisotopic (exact) mass is 288 g/mol. The van der Waals surface area contributed by atoms with E-state index >= 15 is 0 Å². The number of aromatic nitrogens is 3. The van der Waals surface area contributed by atoms with E-state index in [1.54, 1.807) is 0 Å². The second-order valence-corrected chi connectivity index (χ2v) is 5.78. The van der Waals surface area contributed by atoms with Gasteiger partial charge in [-0.3, -0.25) is 0 Å². The first-order valence-corrected chi connectivity index (χ1v) is 7.49. The van der Waals surface area contributed by atoms with Crippen LogP contribution < -0.4 is 4.57 Å². The topological polar surface area (TPSA) is 21.7 Å². The Morgan fingerprint density at radius 2 is 1.82 bits per heavy atom. The molecule has 3 heterocycles. The molecular formula is C19H18N3+. The first-order chi connectivity index (χ1) is 10.7. The number of nitrogens with zero attached hydrogens (tertiary/aromatic N) is 3. The fourth-order valence-corrected chi connectivity index (χ4v) is 3.17. The summed E-state index contributed by atoms with van der Waals surface area (Å²) in [7, 11) is 2.07. The van der Waals surface area contributed by atoms with Gasteiger partial charge in [0.1, 0.15) is 5.52 Å². The summed E-state index contributed by atoms with van der Waals surface area (Å²) >= 11 is 0. The molecule has 0 saturated carbocycles. The van der Waals surface area contributed by atoms with Crippen LogP contribution in [0.5, 0.6) is 0 Å². The fraction of sp³-hybridized carbons (Fsp3) is 0.158. The van der Waals surface area contributed by atoms with Gasteiger partial charge in [0.15, 0.2) is 0 Å². The minimum Gasteiger partial charge on any atom is -0.237 e. The molecule has 0 aliphatic heterocycles. The predicted molar refractivity (Wildman–Crippen MR) is 89.2 cm³/mol. The van der Waals surface area contributed by atoms with Gasteiger partial charge in [0, 0.05) is 17.6 Å². The van der Waals surface area contributed by atoms with Gasteiger partial charge in [-0.05, 0) is 49.2 Å². The number of hydrogen-bond donors (Lipinski definition) is 0. The van der Waals surface area contributed by atoms with E-state index < -0.39 is 0 Å². The zero-order valence-corrected chi connectivity index (χ0v) is 13.0. The summed E-state index contributed by atoms with van der Waals surface area (Å²) in [5.74, 6) is 1.12. The van der Waals surface area contributed by atoms with Gasteiger partial charge < -0.3 is 0 Å². The molecule has 0 radical (unpaired) electrons. The van der Waals surface area contributed by atoms with Crippen LogP contribution in [0.1, 0.15) is 11.1 Å². The molecule has 0 fully saturated rings. The quantitative estimate of drug-likeness (QED) is 0.490. The average Bonchev–Trinajstić information content (AvgIpc) is 2.87. The van der Waals surface area contributed by atoms with Crippen molar-refractivity contribution < 1.29 is 4.57 Å². The van der Waals surface area contributed by atoms with Crippen molar-refractivity contribution in [2.45, 2.75) is 13.8 Å². The Balaban J connectivity index is 2.29. The van der Waals surface area contributed by atoms with Crippen LogP contribution in [0.25, 0.3) is 27.8 Å². The van der Waals surface area contributed by atoms with Gasteiger partial charge in [-0.2, -0.15) is 4.57 Å². The van der Waals surface area contributed by atoms with Gasteiger partial charge in [-0.25, -0.2) is 9.55 Å². The molecule has 108 valence electrons. The normalized spacial score (nSPS) is 11.4. The molecule has 3 nitrogen and oxygen atoms in total. The van der Waals surface area contributed by atoms with Gasteiger partial charge >= 0.3 is 0 Å². The van der Waals surface area contributed by atoms with Crippen molar-refractivity contribution in [1.82, 2.24) is 9.55 Å². The van der Waals surface area contributed by atoms with E-state index in [1.165, 1.54) is 27.4 Å². The molecule has 22 heavy (non-hydrogen) atoms. The fourth-order valence-electron chi connectivity index (χ4n) is 3.17. The summed E-state index contributed by atoms with van der Waals surface area (Å²) < 4.78 is 4.41. The molecule has 1 aromatic carbocycles. The van der Waals surface area contributed by atoms with Gasteiger partial charge in [-0.1, -0.05) is 12.1 Å². The molecule has 0 saturated heterocycles. The molecule has 0 aliphatic rings. The maximum atomic E-state index is 4.66. The first kappa shape index (κ1) is 13.0. The molecule has 0 aliphatic carbocycles. The Hall–Kier alpha value is -2.68. The van der Waals surface area contributed by atoms with Crippen LogP contribution in [-0.2, 0) is 7.05 Å². The lowest BCUT2D eigenvalue weighted by Gasteiger charge is -2.05. The summed E-state index contributed by atoms with van der Waals surface area (Å²) in [6.07, 6.45) is 3.93. The number of benzene rings is 1. The summed E-state index contributed by atoms with van der Waals surface area (Å²) in [6.45, 7) is 4.35. The molecule has 0 N–H and O–H groups in total. The van der Waals surface area contributed by atoms with Crippen molar-refractivity contribution in [3.8, 4) is 5.82 Å². The van der Waals surface area contributed by atoms with Crippen LogP contribution in [0.2, 0.25) is 0 Å². The molecule has 0 amide bonds. The first-order valence-electron chi connectivity index (χ1n) is 7.49. The van der Waals surface area contributed by atoms with Crippen molar-refractivity contribution in [1.29, 1.82) is 0 Å². The lowest BCUT2D eigenvalue weighted by Crippen LogP contribution is -2.33. The second kappa shape index (κ2) is 4.67. The molecule has 4 aromatic rings. The molecule has 3 aromatic heterocycles. The maximum absolute atomic E-state index is 4.66. The van der Waals surface area contributed by atoms with E-state index in [-0.39, 0.29) is 0 Å². The Morgan fingerprint density at radius 3 is 2.64 bits per heavy atom. The lowest BCUT2D eigenvalue weighted by atomic mass is 10.1. The Morgan fingerprint density at radius 1 is 0.955 bits per heavy atom. The van der Waals surface area contributed by atoms with Gasteiger partial charge in [0.05, 0.1) is 18.6 Å². The van der Waals surface area contributed by atoms with Crippen LogP contribution in [0, 0.1) is 13.8 Å². The third-order valence-electron chi connectivity index (χ3n) is 4.47. The average molecular weight is 288 g/mol. The highest BCUT2D eigenvalue weighted by atomic mass is 15.2. The molecule has 0 atom stereocenters. The zero-order valence-electron chi connectivity index (χ0n) is 13.0. The van der Waals surface area contributed by atoms with Crippen molar-refractivity contribution >= 4 is 21.9 Å². The van der Waals surface area contributed by atoms with Crippen molar-refractivity contribution in [2.75, 3.05) is 0 Å². The van der Waals surface area contributed by atoms with E-state index in [9.17, 15) is 0 Å². The van der Waals surface area contributed by atoms with E-state index in [4.69, 9.17) is 0 Å². The predicted octanol–water partition coefficient (Wildman–Crippen LogP) is 3.62. The smallest absolute Gasteiger partial charge is 0.237 e. The number of hydrogen-bond acceptors (Lipinski definition) is 1. The standard InChI is InChI=1S/C19H18N3/c1-13-9-10-15-16-7-6-11-20-19(16)22(18(15)14(13)2)17-8-4-5-12-21(17)3/h4-12H,1-3H3/q+1. The molecule has 4 rings (SSSR count). The zero-order chi connectivity index (χ0) is 15.3. The number of rotatable bonds is 1. The third kappa shape index (κ3) is 1.69. The van der Waals surface area contributed by atoms with Crippen LogP contribution in [0.4, 0.5) is 0 Å². The van der Waals surface area contributed by atoms with Crippen molar-refractivity contribution in [2.24, 2.45) is 7.05 Å². The SMILES string of the molecule is Cc1ccc2c3cccnc3n(-c3cccc[n+]3C)c2c1C. The minimum absolute atomic E-state index is 1.01. The minimum atomic E-state index is 1.01. The Kier molecular flexibility index (Phi) is 2.76. The van der Waals surface area contributed by atoms with Crippen LogP contribution in [-0.4, -0.2) is 9.55 Å². The van der Waals surface area contributed by atoms with Crippen LogP contribution >= 0.6 is 0 Å². The molecule has 3 heteroatoms. The highest BCUT2D eigenvalue weighted by Gasteiger charge is 2.23. The van der Waals surface area contributed by atoms with Gasteiger partial charge in [-0.15, -0.1) is 0 Å². The van der Waals surface area contributed by atoms with Crippen LogP contribution in [0.15, 0.2) is 54.9 Å². The summed E-state index contributed by atoms with van der Waals surface area (Å²) in [6, 6.07) is 14.8. The van der Waals surface area contributed by atoms with Crippen LogP contribution in [0.3, 0.4) is 0 Å².